The van der Waals surface area contributed by atoms with E-state index in [4.69, 9.17) is 0 Å². The Morgan fingerprint density at radius 1 is 1.32 bits per heavy atom. The van der Waals surface area contributed by atoms with Crippen molar-refractivity contribution in [1.82, 2.24) is 4.90 Å². The standard InChI is InChI=1S/C15H19N3O3S/c19-15(17-6-1-8-22-9-7-17)11-2-5-13(16-12-3-4-12)14(10-11)18(20)21/h2,5,10,12,16H,1,3-4,6-9H2. The van der Waals surface area contributed by atoms with Crippen molar-refractivity contribution < 1.29 is 9.72 Å². The fourth-order valence-corrected chi connectivity index (χ4v) is 3.40. The summed E-state index contributed by atoms with van der Waals surface area (Å²) in [4.78, 5) is 25.2. The number of carbonyl (C=O) groups excluding carboxylic acids is 1. The van der Waals surface area contributed by atoms with Crippen LogP contribution >= 0.6 is 11.8 Å². The van der Waals surface area contributed by atoms with Gasteiger partial charge in [0.15, 0.2) is 0 Å². The Bertz CT molecular complexity index is 581. The van der Waals surface area contributed by atoms with Gasteiger partial charge in [-0.25, -0.2) is 0 Å². The third-order valence-corrected chi connectivity index (χ3v) is 4.94. The quantitative estimate of drug-likeness (QED) is 0.682. The number of thioether (sulfide) groups is 1. The summed E-state index contributed by atoms with van der Waals surface area (Å²) in [6.45, 7) is 1.43. The molecule has 22 heavy (non-hydrogen) atoms. The summed E-state index contributed by atoms with van der Waals surface area (Å²) in [5, 5.41) is 14.4. The summed E-state index contributed by atoms with van der Waals surface area (Å²) >= 11 is 1.84. The molecule has 1 heterocycles. The van der Waals surface area contributed by atoms with Gasteiger partial charge in [0.1, 0.15) is 5.69 Å². The number of anilines is 1. The molecule has 6 nitrogen and oxygen atoms in total. The van der Waals surface area contributed by atoms with Crippen molar-refractivity contribution in [2.75, 3.05) is 29.9 Å². The SMILES string of the molecule is O=C(c1ccc(NC2CC2)c([N+](=O)[O-])c1)N1CCCSCC1. The van der Waals surface area contributed by atoms with Crippen LogP contribution in [0.25, 0.3) is 0 Å². The van der Waals surface area contributed by atoms with Crippen molar-refractivity contribution >= 4 is 29.0 Å². The Morgan fingerprint density at radius 3 is 2.86 bits per heavy atom. The van der Waals surface area contributed by atoms with Crippen molar-refractivity contribution in [3.63, 3.8) is 0 Å². The molecule has 1 aliphatic carbocycles. The van der Waals surface area contributed by atoms with E-state index in [2.05, 4.69) is 5.32 Å². The predicted octanol–water partition coefficient (Wildman–Crippen LogP) is 2.75. The summed E-state index contributed by atoms with van der Waals surface area (Å²) in [7, 11) is 0. The molecule has 1 aliphatic heterocycles. The van der Waals surface area contributed by atoms with Crippen molar-refractivity contribution in [3.05, 3.63) is 33.9 Å². The fourth-order valence-electron chi connectivity index (χ4n) is 2.52. The Balaban J connectivity index is 1.81. The maximum atomic E-state index is 12.5. The van der Waals surface area contributed by atoms with Gasteiger partial charge in [-0.3, -0.25) is 14.9 Å². The van der Waals surface area contributed by atoms with Gasteiger partial charge >= 0.3 is 0 Å². The van der Waals surface area contributed by atoms with Gasteiger partial charge in [0.25, 0.3) is 11.6 Å². The van der Waals surface area contributed by atoms with Crippen LogP contribution < -0.4 is 5.32 Å². The molecule has 1 aromatic rings. The largest absolute Gasteiger partial charge is 0.377 e. The molecule has 0 unspecified atom stereocenters. The number of nitro benzene ring substituents is 1. The number of hydrogen-bond acceptors (Lipinski definition) is 5. The van der Waals surface area contributed by atoms with Crippen LogP contribution in [0.5, 0.6) is 0 Å². The van der Waals surface area contributed by atoms with Crippen LogP contribution in [-0.4, -0.2) is 46.4 Å². The molecule has 1 N–H and O–H groups in total. The highest BCUT2D eigenvalue weighted by Gasteiger charge is 2.26. The second-order valence-electron chi connectivity index (χ2n) is 5.67. The fraction of sp³-hybridized carbons (Fsp3) is 0.533. The van der Waals surface area contributed by atoms with E-state index >= 15 is 0 Å². The van der Waals surface area contributed by atoms with Crippen LogP contribution in [0.1, 0.15) is 29.6 Å². The number of rotatable bonds is 4. The Morgan fingerprint density at radius 2 is 2.14 bits per heavy atom. The minimum atomic E-state index is -0.417. The second-order valence-corrected chi connectivity index (χ2v) is 6.89. The third kappa shape index (κ3) is 3.52. The summed E-state index contributed by atoms with van der Waals surface area (Å²) in [6.07, 6.45) is 3.06. The number of nitrogens with one attached hydrogen (secondary N) is 1. The number of hydrogen-bond donors (Lipinski definition) is 1. The van der Waals surface area contributed by atoms with E-state index in [-0.39, 0.29) is 11.6 Å². The molecule has 2 aliphatic rings. The van der Waals surface area contributed by atoms with E-state index in [9.17, 15) is 14.9 Å². The van der Waals surface area contributed by atoms with Crippen LogP contribution in [-0.2, 0) is 0 Å². The van der Waals surface area contributed by atoms with E-state index < -0.39 is 4.92 Å². The molecule has 1 saturated carbocycles. The lowest BCUT2D eigenvalue weighted by atomic mass is 10.1. The van der Waals surface area contributed by atoms with Crippen LogP contribution in [0.4, 0.5) is 11.4 Å². The first-order valence-electron chi connectivity index (χ1n) is 7.57. The van der Waals surface area contributed by atoms with Crippen LogP contribution in [0.15, 0.2) is 18.2 Å². The van der Waals surface area contributed by atoms with Crippen LogP contribution in [0, 0.1) is 10.1 Å². The summed E-state index contributed by atoms with van der Waals surface area (Å²) < 4.78 is 0. The minimum absolute atomic E-state index is 0.0121. The molecule has 1 amide bonds. The molecular weight excluding hydrogens is 302 g/mol. The number of benzene rings is 1. The average molecular weight is 321 g/mol. The van der Waals surface area contributed by atoms with Gasteiger partial charge in [-0.15, -0.1) is 0 Å². The Hall–Kier alpha value is -1.76. The molecule has 3 rings (SSSR count). The zero-order valence-corrected chi connectivity index (χ0v) is 13.1. The normalized spacial score (nSPS) is 18.6. The molecule has 118 valence electrons. The maximum Gasteiger partial charge on any atom is 0.293 e. The van der Waals surface area contributed by atoms with Crippen molar-refractivity contribution in [3.8, 4) is 0 Å². The maximum absolute atomic E-state index is 12.5. The zero-order chi connectivity index (χ0) is 15.5. The van der Waals surface area contributed by atoms with Gasteiger partial charge in [0, 0.05) is 36.5 Å². The van der Waals surface area contributed by atoms with E-state index in [1.54, 1.807) is 17.0 Å². The first-order chi connectivity index (χ1) is 10.6. The molecule has 7 heteroatoms. The molecule has 0 spiro atoms. The monoisotopic (exact) mass is 321 g/mol. The van der Waals surface area contributed by atoms with Crippen LogP contribution in [0.3, 0.4) is 0 Å². The lowest BCUT2D eigenvalue weighted by Gasteiger charge is -2.20. The van der Waals surface area contributed by atoms with Gasteiger partial charge < -0.3 is 10.2 Å². The molecule has 1 saturated heterocycles. The van der Waals surface area contributed by atoms with Gasteiger partial charge in [-0.2, -0.15) is 11.8 Å². The number of amides is 1. The molecular formula is C15H19N3O3S. The number of carbonyl (C=O) groups is 1. The smallest absolute Gasteiger partial charge is 0.293 e. The van der Waals surface area contributed by atoms with E-state index in [0.29, 0.717) is 23.8 Å². The Labute approximate surface area is 133 Å². The second kappa shape index (κ2) is 6.56. The minimum Gasteiger partial charge on any atom is -0.377 e. The molecule has 0 atom stereocenters. The average Bonchev–Trinajstić information content (AvgIpc) is 3.33. The van der Waals surface area contributed by atoms with Crippen LogP contribution in [0.2, 0.25) is 0 Å². The van der Waals surface area contributed by atoms with Gasteiger partial charge in [0.05, 0.1) is 4.92 Å². The molecule has 0 aromatic heterocycles. The summed E-state index contributed by atoms with van der Waals surface area (Å²) in [5.74, 6) is 1.88. The van der Waals surface area contributed by atoms with E-state index in [1.807, 2.05) is 11.8 Å². The topological polar surface area (TPSA) is 75.5 Å². The zero-order valence-electron chi connectivity index (χ0n) is 12.3. The highest BCUT2D eigenvalue weighted by molar-refractivity contribution is 7.99. The van der Waals surface area contributed by atoms with Crippen molar-refractivity contribution in [2.24, 2.45) is 0 Å². The van der Waals surface area contributed by atoms with E-state index in [0.717, 1.165) is 37.3 Å². The predicted molar refractivity (Wildman–Crippen MR) is 87.6 cm³/mol. The molecule has 0 radical (unpaired) electrons. The summed E-state index contributed by atoms with van der Waals surface area (Å²) in [5.41, 5.74) is 0.900. The molecule has 2 fully saturated rings. The first kappa shape index (κ1) is 15.1. The summed E-state index contributed by atoms with van der Waals surface area (Å²) in [6, 6.07) is 5.10. The first-order valence-corrected chi connectivity index (χ1v) is 8.72. The number of nitrogens with zero attached hydrogens (tertiary/aromatic N) is 2. The lowest BCUT2D eigenvalue weighted by Crippen LogP contribution is -2.32. The van der Waals surface area contributed by atoms with Gasteiger partial charge in [0.2, 0.25) is 0 Å². The number of nitro groups is 1. The molecule has 0 bridgehead atoms. The highest BCUT2D eigenvalue weighted by Crippen LogP contribution is 2.31. The Kier molecular flexibility index (Phi) is 4.52. The van der Waals surface area contributed by atoms with Crippen molar-refractivity contribution in [1.29, 1.82) is 0 Å². The van der Waals surface area contributed by atoms with Gasteiger partial charge in [-0.1, -0.05) is 0 Å². The molecule has 1 aromatic carbocycles. The highest BCUT2D eigenvalue weighted by atomic mass is 32.2. The van der Waals surface area contributed by atoms with Gasteiger partial charge in [-0.05, 0) is 37.1 Å². The van der Waals surface area contributed by atoms with Crippen molar-refractivity contribution in [2.45, 2.75) is 25.3 Å². The van der Waals surface area contributed by atoms with E-state index in [1.165, 1.54) is 6.07 Å². The lowest BCUT2D eigenvalue weighted by molar-refractivity contribution is -0.384. The third-order valence-electron chi connectivity index (χ3n) is 3.89.